The highest BCUT2D eigenvalue weighted by Crippen LogP contribution is 2.18. The van der Waals surface area contributed by atoms with Crippen molar-refractivity contribution in [2.75, 3.05) is 11.9 Å². The lowest BCUT2D eigenvalue weighted by Crippen LogP contribution is -2.18. The number of aryl methyl sites for hydroxylation is 3. The van der Waals surface area contributed by atoms with Crippen molar-refractivity contribution in [3.63, 3.8) is 0 Å². The van der Waals surface area contributed by atoms with Crippen molar-refractivity contribution in [2.24, 2.45) is 5.73 Å². The van der Waals surface area contributed by atoms with Crippen molar-refractivity contribution in [3.8, 4) is 0 Å². The van der Waals surface area contributed by atoms with Gasteiger partial charge in [0.2, 0.25) is 5.89 Å². The first kappa shape index (κ1) is 14.4. The van der Waals surface area contributed by atoms with Crippen molar-refractivity contribution in [3.05, 3.63) is 34.6 Å². The van der Waals surface area contributed by atoms with Gasteiger partial charge in [0.1, 0.15) is 10.8 Å². The average molecular weight is 291 g/mol. The lowest BCUT2D eigenvalue weighted by Gasteiger charge is -2.13. The second kappa shape index (κ2) is 5.96. The van der Waals surface area contributed by atoms with Crippen LogP contribution in [0.25, 0.3) is 0 Å². The van der Waals surface area contributed by atoms with E-state index in [2.05, 4.69) is 20.4 Å². The van der Waals surface area contributed by atoms with Crippen LogP contribution < -0.4 is 11.1 Å². The fourth-order valence-corrected chi connectivity index (χ4v) is 2.27. The first-order valence-corrected chi connectivity index (χ1v) is 6.69. The molecular weight excluding hydrogens is 274 g/mol. The van der Waals surface area contributed by atoms with Gasteiger partial charge in [-0.05, 0) is 25.5 Å². The summed E-state index contributed by atoms with van der Waals surface area (Å²) in [5, 5.41) is 7.08. The Hall–Kier alpha value is -2.02. The molecule has 2 rings (SSSR count). The Bertz CT molecular complexity index is 638. The number of hydrogen-bond acceptors (Lipinski definition) is 6. The maximum Gasteiger partial charge on any atom is 0.223 e. The lowest BCUT2D eigenvalue weighted by atomic mass is 10.1. The molecule has 0 amide bonds. The largest absolute Gasteiger partial charge is 0.389 e. The van der Waals surface area contributed by atoms with Gasteiger partial charge in [0.25, 0.3) is 0 Å². The molecule has 7 heteroatoms. The number of anilines is 1. The van der Waals surface area contributed by atoms with Gasteiger partial charge in [0, 0.05) is 25.6 Å². The van der Waals surface area contributed by atoms with Gasteiger partial charge in [0.05, 0.1) is 5.56 Å². The topological polar surface area (TPSA) is 89.9 Å². The van der Waals surface area contributed by atoms with E-state index in [9.17, 15) is 0 Å². The molecule has 0 aliphatic heterocycles. The summed E-state index contributed by atoms with van der Waals surface area (Å²) >= 11 is 5.09. The third-order valence-corrected chi connectivity index (χ3v) is 3.01. The van der Waals surface area contributed by atoms with Crippen LogP contribution in [0, 0.1) is 20.8 Å². The fourth-order valence-electron chi connectivity index (χ4n) is 2.01. The first-order valence-electron chi connectivity index (χ1n) is 6.28. The summed E-state index contributed by atoms with van der Waals surface area (Å²) in [6.07, 6.45) is 0.642. The maximum atomic E-state index is 5.76. The number of aromatic nitrogens is 3. The number of rotatable bonds is 5. The molecule has 0 saturated carbocycles. The zero-order valence-corrected chi connectivity index (χ0v) is 12.5. The van der Waals surface area contributed by atoms with Gasteiger partial charge in [-0.15, -0.1) is 0 Å². The van der Waals surface area contributed by atoms with Gasteiger partial charge in [-0.3, -0.25) is 0 Å². The molecule has 0 fully saturated rings. The molecule has 0 spiro atoms. The summed E-state index contributed by atoms with van der Waals surface area (Å²) in [4.78, 5) is 8.94. The summed E-state index contributed by atoms with van der Waals surface area (Å²) in [6, 6.07) is 1.96. The summed E-state index contributed by atoms with van der Waals surface area (Å²) in [5.41, 5.74) is 8.48. The van der Waals surface area contributed by atoms with E-state index in [1.165, 1.54) is 0 Å². The van der Waals surface area contributed by atoms with Crippen LogP contribution in [-0.4, -0.2) is 26.7 Å². The van der Waals surface area contributed by atoms with Crippen molar-refractivity contribution in [2.45, 2.75) is 27.2 Å². The monoisotopic (exact) mass is 291 g/mol. The Kier molecular flexibility index (Phi) is 4.29. The molecule has 0 saturated heterocycles. The molecule has 20 heavy (non-hydrogen) atoms. The SMILES string of the molecule is Cc1cc(C)c(C(N)=S)c(NCCc2noc(C)n2)n1. The van der Waals surface area contributed by atoms with Crippen molar-refractivity contribution < 1.29 is 4.52 Å². The van der Waals surface area contributed by atoms with Gasteiger partial charge in [-0.25, -0.2) is 4.98 Å². The highest BCUT2D eigenvalue weighted by atomic mass is 32.1. The van der Waals surface area contributed by atoms with E-state index in [1.54, 1.807) is 6.92 Å². The van der Waals surface area contributed by atoms with Crippen molar-refractivity contribution in [1.29, 1.82) is 0 Å². The molecule has 2 aromatic rings. The highest BCUT2D eigenvalue weighted by Gasteiger charge is 2.11. The Morgan fingerprint density at radius 2 is 2.10 bits per heavy atom. The predicted molar refractivity (Wildman–Crippen MR) is 80.8 cm³/mol. The number of hydrogen-bond donors (Lipinski definition) is 2. The standard InChI is InChI=1S/C13H17N5OS/c1-7-6-8(2)16-13(11(7)12(14)20)15-5-4-10-17-9(3)19-18-10/h6H,4-5H2,1-3H3,(H2,14,20)(H,15,16). The third-order valence-electron chi connectivity index (χ3n) is 2.80. The molecular formula is C13H17N5OS. The summed E-state index contributed by atoms with van der Waals surface area (Å²) in [5.74, 6) is 1.93. The molecule has 3 N–H and O–H groups in total. The second-order valence-electron chi connectivity index (χ2n) is 4.57. The zero-order valence-electron chi connectivity index (χ0n) is 11.7. The van der Waals surface area contributed by atoms with E-state index >= 15 is 0 Å². The quantitative estimate of drug-likeness (QED) is 0.810. The lowest BCUT2D eigenvalue weighted by molar-refractivity contribution is 0.387. The van der Waals surface area contributed by atoms with Crippen LogP contribution >= 0.6 is 12.2 Å². The van der Waals surface area contributed by atoms with Crippen LogP contribution in [0.4, 0.5) is 5.82 Å². The van der Waals surface area contributed by atoms with Crippen LogP contribution in [0.5, 0.6) is 0 Å². The maximum absolute atomic E-state index is 5.76. The predicted octanol–water partition coefficient (Wildman–Crippen LogP) is 1.68. The fraction of sp³-hybridized carbons (Fsp3) is 0.385. The average Bonchev–Trinajstić information content (AvgIpc) is 2.73. The normalized spacial score (nSPS) is 10.6. The number of nitrogens with one attached hydrogen (secondary N) is 1. The number of nitrogens with zero attached hydrogens (tertiary/aromatic N) is 3. The van der Waals surface area contributed by atoms with Crippen LogP contribution in [0.2, 0.25) is 0 Å². The zero-order chi connectivity index (χ0) is 14.7. The molecule has 0 bridgehead atoms. The molecule has 0 aromatic carbocycles. The smallest absolute Gasteiger partial charge is 0.223 e. The van der Waals surface area contributed by atoms with Gasteiger partial charge < -0.3 is 15.6 Å². The molecule has 2 aromatic heterocycles. The minimum absolute atomic E-state index is 0.341. The molecule has 0 aliphatic carbocycles. The molecule has 0 aliphatic rings. The van der Waals surface area contributed by atoms with Gasteiger partial charge >= 0.3 is 0 Å². The van der Waals surface area contributed by atoms with Crippen LogP contribution in [0.1, 0.15) is 28.5 Å². The van der Waals surface area contributed by atoms with Gasteiger partial charge in [-0.1, -0.05) is 17.4 Å². The van der Waals surface area contributed by atoms with Crippen LogP contribution in [-0.2, 0) is 6.42 Å². The molecule has 0 unspecified atom stereocenters. The molecule has 6 nitrogen and oxygen atoms in total. The minimum atomic E-state index is 0.341. The minimum Gasteiger partial charge on any atom is -0.389 e. The van der Waals surface area contributed by atoms with Gasteiger partial charge in [-0.2, -0.15) is 4.98 Å². The number of pyridine rings is 1. The number of nitrogens with two attached hydrogens (primary N) is 1. The van der Waals surface area contributed by atoms with Crippen LogP contribution in [0.15, 0.2) is 10.6 Å². The second-order valence-corrected chi connectivity index (χ2v) is 5.01. The Balaban J connectivity index is 2.10. The first-order chi connectivity index (χ1) is 9.47. The molecule has 0 radical (unpaired) electrons. The Morgan fingerprint density at radius 1 is 1.35 bits per heavy atom. The van der Waals surface area contributed by atoms with Gasteiger partial charge in [0.15, 0.2) is 5.82 Å². The summed E-state index contributed by atoms with van der Waals surface area (Å²) < 4.78 is 4.92. The van der Waals surface area contributed by atoms with Crippen LogP contribution in [0.3, 0.4) is 0 Å². The molecule has 0 atom stereocenters. The Morgan fingerprint density at radius 3 is 2.70 bits per heavy atom. The van der Waals surface area contributed by atoms with E-state index < -0.39 is 0 Å². The number of thiocarbonyl (C=S) groups is 1. The molecule has 2 heterocycles. The van der Waals surface area contributed by atoms with Crippen molar-refractivity contribution >= 4 is 23.0 Å². The van der Waals surface area contributed by atoms with E-state index in [0.717, 1.165) is 16.8 Å². The van der Waals surface area contributed by atoms with E-state index in [-0.39, 0.29) is 0 Å². The summed E-state index contributed by atoms with van der Waals surface area (Å²) in [6.45, 7) is 6.30. The highest BCUT2D eigenvalue weighted by molar-refractivity contribution is 7.80. The van der Waals surface area contributed by atoms with E-state index in [4.69, 9.17) is 22.5 Å². The van der Waals surface area contributed by atoms with E-state index in [0.29, 0.717) is 35.5 Å². The Labute approximate surface area is 122 Å². The van der Waals surface area contributed by atoms with Crippen molar-refractivity contribution in [1.82, 2.24) is 15.1 Å². The summed E-state index contributed by atoms with van der Waals surface area (Å²) in [7, 11) is 0. The molecule has 106 valence electrons. The van der Waals surface area contributed by atoms with E-state index in [1.807, 2.05) is 19.9 Å². The third kappa shape index (κ3) is 3.30.